The molecule has 1 aliphatic rings. The molecule has 1 N–H and O–H groups in total. The first-order chi connectivity index (χ1) is 13.6. The Morgan fingerprint density at radius 3 is 2.41 bits per heavy atom. The Morgan fingerprint density at radius 2 is 1.86 bits per heavy atom. The quantitative estimate of drug-likeness (QED) is 0.746. The molecule has 29 heavy (non-hydrogen) atoms. The third-order valence-corrected chi connectivity index (χ3v) is 5.91. The van der Waals surface area contributed by atoms with Gasteiger partial charge in [-0.3, -0.25) is 4.79 Å². The summed E-state index contributed by atoms with van der Waals surface area (Å²) in [6.07, 6.45) is 1.61. The van der Waals surface area contributed by atoms with Crippen molar-refractivity contribution in [3.63, 3.8) is 0 Å². The number of amides is 1. The second-order valence-electron chi connectivity index (χ2n) is 7.88. The number of hydrogen-bond donors (Lipinski definition) is 1. The van der Waals surface area contributed by atoms with Gasteiger partial charge in [-0.05, 0) is 38.0 Å². The van der Waals surface area contributed by atoms with E-state index >= 15 is 0 Å². The zero-order valence-corrected chi connectivity index (χ0v) is 17.6. The van der Waals surface area contributed by atoms with E-state index in [-0.39, 0.29) is 17.9 Å². The molecule has 2 aromatic carbocycles. The molecule has 2 aromatic rings. The zero-order valence-electron chi connectivity index (χ0n) is 17.6. The fourth-order valence-electron chi connectivity index (χ4n) is 4.05. The molecule has 2 atom stereocenters. The highest BCUT2D eigenvalue weighted by Gasteiger charge is 2.48. The highest BCUT2D eigenvalue weighted by Crippen LogP contribution is 2.43. The van der Waals surface area contributed by atoms with E-state index in [1.54, 1.807) is 24.1 Å². The van der Waals surface area contributed by atoms with E-state index < -0.39 is 17.4 Å². The van der Waals surface area contributed by atoms with E-state index in [9.17, 15) is 13.6 Å². The Labute approximate surface area is 171 Å². The standard InChI is InChI=1S/C24H28F2N2O/c1-6-20-27-23(4,19-10-8-9-16(3)15-19)21(22(29)28(20)5)17-11-13-18(14-12-17)24(25,26)7-2/h6,8-15,21,27H,7H2,1-5H3/b20-6-/t21-,23+/m0/s1. The van der Waals surface area contributed by atoms with Gasteiger partial charge in [-0.2, -0.15) is 0 Å². The molecule has 0 saturated carbocycles. The number of halogens is 2. The minimum absolute atomic E-state index is 0.0280. The molecule has 1 fully saturated rings. The van der Waals surface area contributed by atoms with E-state index in [0.29, 0.717) is 5.56 Å². The maximum atomic E-state index is 14.1. The molecule has 154 valence electrons. The van der Waals surface area contributed by atoms with Gasteiger partial charge in [0.15, 0.2) is 0 Å². The third-order valence-electron chi connectivity index (χ3n) is 5.91. The van der Waals surface area contributed by atoms with Crippen LogP contribution in [0.15, 0.2) is 60.4 Å². The van der Waals surface area contributed by atoms with Crippen LogP contribution in [0.5, 0.6) is 0 Å². The summed E-state index contributed by atoms with van der Waals surface area (Å²) in [5.74, 6) is -2.77. The summed E-state index contributed by atoms with van der Waals surface area (Å²) in [7, 11) is 1.73. The molecule has 0 aromatic heterocycles. The first kappa shape index (κ1) is 21.0. The molecule has 5 heteroatoms. The molecule has 0 radical (unpaired) electrons. The summed E-state index contributed by atoms with van der Waals surface area (Å²) in [4.78, 5) is 15.0. The second-order valence-corrected chi connectivity index (χ2v) is 7.88. The largest absolute Gasteiger partial charge is 0.361 e. The van der Waals surface area contributed by atoms with E-state index in [1.807, 2.05) is 45.0 Å². The molecule has 1 saturated heterocycles. The number of hydrogen-bond acceptors (Lipinski definition) is 2. The molecular weight excluding hydrogens is 370 g/mol. The summed E-state index contributed by atoms with van der Waals surface area (Å²) in [6.45, 7) is 7.35. The van der Waals surface area contributed by atoms with Gasteiger partial charge < -0.3 is 10.2 Å². The maximum Gasteiger partial charge on any atom is 0.273 e. The Balaban J connectivity index is 2.13. The van der Waals surface area contributed by atoms with Gasteiger partial charge in [0.1, 0.15) is 5.82 Å². The van der Waals surface area contributed by atoms with E-state index in [1.165, 1.54) is 19.1 Å². The lowest BCUT2D eigenvalue weighted by molar-refractivity contribution is -0.134. The Hall–Kier alpha value is -2.69. The average molecular weight is 398 g/mol. The van der Waals surface area contributed by atoms with Crippen LogP contribution in [0.1, 0.15) is 55.4 Å². The van der Waals surface area contributed by atoms with Crippen molar-refractivity contribution in [2.24, 2.45) is 0 Å². The van der Waals surface area contributed by atoms with Crippen LogP contribution in [0.2, 0.25) is 0 Å². The third kappa shape index (κ3) is 3.66. The van der Waals surface area contributed by atoms with Crippen molar-refractivity contribution in [3.8, 4) is 0 Å². The lowest BCUT2D eigenvalue weighted by Crippen LogP contribution is -2.58. The number of carbonyl (C=O) groups excluding carboxylic acids is 1. The highest BCUT2D eigenvalue weighted by molar-refractivity contribution is 5.88. The van der Waals surface area contributed by atoms with Gasteiger partial charge >= 0.3 is 0 Å². The molecule has 1 amide bonds. The number of aryl methyl sites for hydroxylation is 1. The monoisotopic (exact) mass is 398 g/mol. The van der Waals surface area contributed by atoms with Crippen molar-refractivity contribution in [2.75, 3.05) is 7.05 Å². The molecule has 0 unspecified atom stereocenters. The van der Waals surface area contributed by atoms with Gasteiger partial charge in [-0.1, -0.05) is 61.0 Å². The van der Waals surface area contributed by atoms with Crippen molar-refractivity contribution in [2.45, 2.75) is 51.5 Å². The van der Waals surface area contributed by atoms with Crippen LogP contribution < -0.4 is 5.32 Å². The molecule has 0 spiro atoms. The summed E-state index contributed by atoms with van der Waals surface area (Å²) in [5.41, 5.74) is 2.04. The average Bonchev–Trinajstić information content (AvgIpc) is 2.71. The first-order valence-corrected chi connectivity index (χ1v) is 9.91. The molecule has 3 rings (SSSR count). The van der Waals surface area contributed by atoms with Gasteiger partial charge in [0.05, 0.1) is 11.5 Å². The molecule has 0 bridgehead atoms. The van der Waals surface area contributed by atoms with Crippen LogP contribution in [-0.2, 0) is 16.3 Å². The van der Waals surface area contributed by atoms with Crippen LogP contribution in [-0.4, -0.2) is 17.9 Å². The Bertz CT molecular complexity index is 936. The van der Waals surface area contributed by atoms with Crippen LogP contribution in [0.4, 0.5) is 8.78 Å². The minimum Gasteiger partial charge on any atom is -0.361 e. The van der Waals surface area contributed by atoms with Gasteiger partial charge in [0.2, 0.25) is 5.91 Å². The number of rotatable bonds is 4. The van der Waals surface area contributed by atoms with Crippen molar-refractivity contribution in [1.82, 2.24) is 10.2 Å². The van der Waals surface area contributed by atoms with E-state index in [2.05, 4.69) is 11.4 Å². The Morgan fingerprint density at radius 1 is 1.21 bits per heavy atom. The number of allylic oxidation sites excluding steroid dienone is 1. The number of benzene rings is 2. The smallest absolute Gasteiger partial charge is 0.273 e. The van der Waals surface area contributed by atoms with E-state index in [0.717, 1.165) is 16.9 Å². The van der Waals surface area contributed by atoms with E-state index in [4.69, 9.17) is 0 Å². The fraction of sp³-hybridized carbons (Fsp3) is 0.375. The number of nitrogens with zero attached hydrogens (tertiary/aromatic N) is 1. The predicted octanol–water partition coefficient (Wildman–Crippen LogP) is 5.42. The molecule has 1 heterocycles. The van der Waals surface area contributed by atoms with Gasteiger partial charge in [-0.15, -0.1) is 0 Å². The molecular formula is C24H28F2N2O. The second kappa shape index (κ2) is 7.62. The topological polar surface area (TPSA) is 32.3 Å². The maximum absolute atomic E-state index is 14.1. The molecule has 3 nitrogen and oxygen atoms in total. The van der Waals surface area contributed by atoms with Gasteiger partial charge in [0, 0.05) is 19.0 Å². The van der Waals surface area contributed by atoms with Crippen molar-refractivity contribution in [3.05, 3.63) is 82.7 Å². The molecule has 0 aliphatic carbocycles. The lowest BCUT2D eigenvalue weighted by atomic mass is 9.73. The number of likely N-dealkylation sites (N-methyl/N-ethyl adjacent to an activating group) is 1. The van der Waals surface area contributed by atoms with Crippen molar-refractivity contribution >= 4 is 5.91 Å². The van der Waals surface area contributed by atoms with Gasteiger partial charge in [0.25, 0.3) is 5.92 Å². The van der Waals surface area contributed by atoms with Crippen LogP contribution >= 0.6 is 0 Å². The van der Waals surface area contributed by atoms with Crippen LogP contribution in [0.3, 0.4) is 0 Å². The first-order valence-electron chi connectivity index (χ1n) is 9.91. The van der Waals surface area contributed by atoms with Gasteiger partial charge in [-0.25, -0.2) is 8.78 Å². The number of carbonyl (C=O) groups is 1. The summed E-state index contributed by atoms with van der Waals surface area (Å²) in [5, 5.41) is 3.53. The Kier molecular flexibility index (Phi) is 5.52. The lowest BCUT2D eigenvalue weighted by Gasteiger charge is -2.47. The summed E-state index contributed by atoms with van der Waals surface area (Å²) >= 11 is 0. The van der Waals surface area contributed by atoms with Crippen molar-refractivity contribution < 1.29 is 13.6 Å². The van der Waals surface area contributed by atoms with Crippen LogP contribution in [0, 0.1) is 6.92 Å². The molecule has 1 aliphatic heterocycles. The number of nitrogens with one attached hydrogen (secondary N) is 1. The number of alkyl halides is 2. The summed E-state index contributed by atoms with van der Waals surface area (Å²) in [6, 6.07) is 14.2. The summed E-state index contributed by atoms with van der Waals surface area (Å²) < 4.78 is 28.1. The van der Waals surface area contributed by atoms with Crippen molar-refractivity contribution in [1.29, 1.82) is 0 Å². The fourth-order valence-corrected chi connectivity index (χ4v) is 4.05. The predicted molar refractivity (Wildman–Crippen MR) is 112 cm³/mol. The SMILES string of the molecule is C/C=C1/N[C@](C)(c2cccc(C)c2)[C@@H](c2ccc(C(F)(F)CC)cc2)C(=O)N1C. The zero-order chi connectivity index (χ0) is 21.4. The van der Waals surface area contributed by atoms with Crippen LogP contribution in [0.25, 0.3) is 0 Å². The minimum atomic E-state index is -2.87. The normalized spacial score (nSPS) is 24.0. The highest BCUT2D eigenvalue weighted by atomic mass is 19.3.